The number of allylic oxidation sites excluding steroid dienone is 1. The molecule has 0 fully saturated rings. The Kier molecular flexibility index (Phi) is 3.75. The molecule has 0 spiro atoms. The number of carbonyl (C=O) groups is 1. The molecule has 4 heteroatoms. The van der Waals surface area contributed by atoms with Crippen LogP contribution < -0.4 is 0 Å². The number of hydrogen-bond donors (Lipinski definition) is 0. The zero-order valence-corrected chi connectivity index (χ0v) is 11.8. The van der Waals surface area contributed by atoms with Crippen molar-refractivity contribution in [2.24, 2.45) is 0 Å². The first kappa shape index (κ1) is 13.5. The Bertz CT molecular complexity index is 843. The van der Waals surface area contributed by atoms with Crippen LogP contribution in [0.5, 0.6) is 0 Å². The van der Waals surface area contributed by atoms with Crippen LogP contribution in [-0.2, 0) is 0 Å². The molecule has 0 aliphatic rings. The molecule has 102 valence electrons. The standard InChI is InChI=1S/C17H11ClN2O/c18-14-6-2-1-5-13(14)17(21)10-9-12-11-19-15-7-3-4-8-16(15)20-12/h1-11H/b10-9+. The molecule has 0 saturated heterocycles. The molecule has 0 atom stereocenters. The Labute approximate surface area is 126 Å². The highest BCUT2D eigenvalue weighted by molar-refractivity contribution is 6.34. The third-order valence-corrected chi connectivity index (χ3v) is 3.34. The summed E-state index contributed by atoms with van der Waals surface area (Å²) in [4.78, 5) is 20.8. The number of para-hydroxylation sites is 2. The van der Waals surface area contributed by atoms with Crippen LogP contribution in [0.25, 0.3) is 17.1 Å². The summed E-state index contributed by atoms with van der Waals surface area (Å²) in [5.41, 5.74) is 2.73. The van der Waals surface area contributed by atoms with Crippen molar-refractivity contribution >= 4 is 34.5 Å². The summed E-state index contributed by atoms with van der Waals surface area (Å²) in [5, 5.41) is 0.441. The SMILES string of the molecule is O=C(/C=C/c1cnc2ccccc2n1)c1ccccc1Cl. The summed E-state index contributed by atoms with van der Waals surface area (Å²) in [5.74, 6) is -0.157. The Morgan fingerprint density at radius 3 is 2.52 bits per heavy atom. The average Bonchev–Trinajstić information content (AvgIpc) is 2.53. The highest BCUT2D eigenvalue weighted by atomic mass is 35.5. The molecule has 3 rings (SSSR count). The molecule has 0 radical (unpaired) electrons. The van der Waals surface area contributed by atoms with Gasteiger partial charge in [-0.2, -0.15) is 0 Å². The molecule has 0 bridgehead atoms. The highest BCUT2D eigenvalue weighted by Gasteiger charge is 2.06. The molecule has 21 heavy (non-hydrogen) atoms. The summed E-state index contributed by atoms with van der Waals surface area (Å²) >= 11 is 6.00. The number of aromatic nitrogens is 2. The van der Waals surface area contributed by atoms with E-state index >= 15 is 0 Å². The van der Waals surface area contributed by atoms with Crippen LogP contribution in [0.1, 0.15) is 16.1 Å². The number of halogens is 1. The Morgan fingerprint density at radius 2 is 1.71 bits per heavy atom. The van der Waals surface area contributed by atoms with Crippen LogP contribution in [0.4, 0.5) is 0 Å². The van der Waals surface area contributed by atoms with Gasteiger partial charge in [-0.15, -0.1) is 0 Å². The predicted octanol–water partition coefficient (Wildman–Crippen LogP) is 4.18. The van der Waals surface area contributed by atoms with Crippen molar-refractivity contribution < 1.29 is 4.79 Å². The van der Waals surface area contributed by atoms with E-state index in [1.807, 2.05) is 24.3 Å². The van der Waals surface area contributed by atoms with Crippen LogP contribution in [0.15, 0.2) is 60.8 Å². The third-order valence-electron chi connectivity index (χ3n) is 3.01. The average molecular weight is 295 g/mol. The number of hydrogen-bond acceptors (Lipinski definition) is 3. The molecule has 1 heterocycles. The summed E-state index contributed by atoms with van der Waals surface area (Å²) in [6.07, 6.45) is 4.74. The minimum Gasteiger partial charge on any atom is -0.289 e. The molecular formula is C17H11ClN2O. The summed E-state index contributed by atoms with van der Waals surface area (Å²) < 4.78 is 0. The zero-order valence-electron chi connectivity index (χ0n) is 11.0. The van der Waals surface area contributed by atoms with Crippen LogP contribution in [0, 0.1) is 0 Å². The highest BCUT2D eigenvalue weighted by Crippen LogP contribution is 2.16. The van der Waals surface area contributed by atoms with Crippen molar-refractivity contribution in [3.8, 4) is 0 Å². The fourth-order valence-corrected chi connectivity index (χ4v) is 2.19. The van der Waals surface area contributed by atoms with Crippen LogP contribution in [0.2, 0.25) is 5.02 Å². The van der Waals surface area contributed by atoms with Crippen LogP contribution >= 0.6 is 11.6 Å². The zero-order chi connectivity index (χ0) is 14.7. The maximum Gasteiger partial charge on any atom is 0.187 e. The number of carbonyl (C=O) groups excluding carboxylic acids is 1. The third kappa shape index (κ3) is 2.98. The quantitative estimate of drug-likeness (QED) is 0.537. The van der Waals surface area contributed by atoms with E-state index in [0.29, 0.717) is 16.3 Å². The van der Waals surface area contributed by atoms with Gasteiger partial charge < -0.3 is 0 Å². The van der Waals surface area contributed by atoms with Crippen molar-refractivity contribution in [1.82, 2.24) is 9.97 Å². The van der Waals surface area contributed by atoms with Gasteiger partial charge >= 0.3 is 0 Å². The Morgan fingerprint density at radius 1 is 1.00 bits per heavy atom. The van der Waals surface area contributed by atoms with E-state index in [-0.39, 0.29) is 5.78 Å². The van der Waals surface area contributed by atoms with Gasteiger partial charge in [0.1, 0.15) is 0 Å². The van der Waals surface area contributed by atoms with Gasteiger partial charge in [0.15, 0.2) is 5.78 Å². The van der Waals surface area contributed by atoms with Gasteiger partial charge in [0.2, 0.25) is 0 Å². The molecule has 0 aliphatic carbocycles. The molecule has 0 amide bonds. The van der Waals surface area contributed by atoms with Crippen molar-refractivity contribution in [3.05, 3.63) is 77.1 Å². The second-order valence-corrected chi connectivity index (χ2v) is 4.87. The second kappa shape index (κ2) is 5.85. The topological polar surface area (TPSA) is 42.9 Å². The van der Waals surface area contributed by atoms with E-state index in [0.717, 1.165) is 11.0 Å². The molecule has 0 saturated carbocycles. The van der Waals surface area contributed by atoms with Crippen molar-refractivity contribution in [2.45, 2.75) is 0 Å². The van der Waals surface area contributed by atoms with Gasteiger partial charge in [-0.3, -0.25) is 9.78 Å². The largest absolute Gasteiger partial charge is 0.289 e. The molecular weight excluding hydrogens is 284 g/mol. The fourth-order valence-electron chi connectivity index (χ4n) is 1.96. The molecule has 1 aromatic heterocycles. The maximum absolute atomic E-state index is 12.1. The lowest BCUT2D eigenvalue weighted by molar-refractivity contribution is 0.104. The first-order valence-electron chi connectivity index (χ1n) is 6.43. The molecule has 0 aliphatic heterocycles. The van der Waals surface area contributed by atoms with E-state index in [4.69, 9.17) is 11.6 Å². The van der Waals surface area contributed by atoms with E-state index in [2.05, 4.69) is 9.97 Å². The first-order chi connectivity index (χ1) is 10.2. The Hall–Kier alpha value is -2.52. The monoisotopic (exact) mass is 294 g/mol. The number of fused-ring (bicyclic) bond motifs is 1. The number of rotatable bonds is 3. The van der Waals surface area contributed by atoms with Gasteiger partial charge in [-0.05, 0) is 36.4 Å². The molecule has 3 aromatic rings. The van der Waals surface area contributed by atoms with Crippen molar-refractivity contribution in [3.63, 3.8) is 0 Å². The van der Waals surface area contributed by atoms with Gasteiger partial charge in [-0.25, -0.2) is 4.98 Å². The first-order valence-corrected chi connectivity index (χ1v) is 6.80. The minimum absolute atomic E-state index is 0.157. The molecule has 0 N–H and O–H groups in total. The second-order valence-electron chi connectivity index (χ2n) is 4.46. The van der Waals surface area contributed by atoms with E-state index in [1.165, 1.54) is 6.08 Å². The fraction of sp³-hybridized carbons (Fsp3) is 0. The molecule has 3 nitrogen and oxygen atoms in total. The van der Waals surface area contributed by atoms with Crippen LogP contribution in [0.3, 0.4) is 0 Å². The maximum atomic E-state index is 12.1. The summed E-state index contributed by atoms with van der Waals surface area (Å²) in [7, 11) is 0. The van der Waals surface area contributed by atoms with Gasteiger partial charge in [-0.1, -0.05) is 35.9 Å². The Balaban J connectivity index is 1.87. The lowest BCUT2D eigenvalue weighted by atomic mass is 10.1. The van der Waals surface area contributed by atoms with Gasteiger partial charge in [0.05, 0.1) is 27.9 Å². The molecule has 2 aromatic carbocycles. The van der Waals surface area contributed by atoms with Crippen molar-refractivity contribution in [2.75, 3.05) is 0 Å². The lowest BCUT2D eigenvalue weighted by Gasteiger charge is -1.99. The smallest absolute Gasteiger partial charge is 0.187 e. The lowest BCUT2D eigenvalue weighted by Crippen LogP contribution is -1.95. The summed E-state index contributed by atoms with van der Waals surface area (Å²) in [6.45, 7) is 0. The van der Waals surface area contributed by atoms with E-state index < -0.39 is 0 Å². The van der Waals surface area contributed by atoms with Gasteiger partial charge in [0.25, 0.3) is 0 Å². The van der Waals surface area contributed by atoms with E-state index in [9.17, 15) is 4.79 Å². The number of benzene rings is 2. The normalized spacial score (nSPS) is 11.1. The van der Waals surface area contributed by atoms with Crippen LogP contribution in [-0.4, -0.2) is 15.8 Å². The number of ketones is 1. The molecule has 0 unspecified atom stereocenters. The summed E-state index contributed by atoms with van der Waals surface area (Å²) in [6, 6.07) is 14.5. The number of nitrogens with zero attached hydrogens (tertiary/aromatic N) is 2. The minimum atomic E-state index is -0.157. The van der Waals surface area contributed by atoms with Crippen molar-refractivity contribution in [1.29, 1.82) is 0 Å². The van der Waals surface area contributed by atoms with E-state index in [1.54, 1.807) is 36.5 Å². The van der Waals surface area contributed by atoms with Gasteiger partial charge in [0, 0.05) is 5.56 Å². The predicted molar refractivity (Wildman–Crippen MR) is 84.4 cm³/mol.